The number of hydrogen-bond acceptors (Lipinski definition) is 16. The van der Waals surface area contributed by atoms with Crippen molar-refractivity contribution in [2.75, 3.05) is 5.73 Å². The van der Waals surface area contributed by atoms with Crippen molar-refractivity contribution in [1.29, 1.82) is 0 Å². The molecule has 47 heavy (non-hydrogen) atoms. The maximum atomic E-state index is 10.7. The molecule has 0 atom stereocenters. The minimum atomic E-state index is -0.981. The van der Waals surface area contributed by atoms with Gasteiger partial charge in [-0.05, 0) is 73.5 Å². The first-order chi connectivity index (χ1) is 22.6. The predicted octanol–water partition coefficient (Wildman–Crippen LogP) is 5.93. The molecule has 0 aromatic carbocycles. The zero-order valence-electron chi connectivity index (χ0n) is 23.6. The highest BCUT2D eigenvalue weighted by atomic mass is 79.9. The van der Waals surface area contributed by atoms with Crippen LogP contribution in [0.2, 0.25) is 0 Å². The fourth-order valence-corrected chi connectivity index (χ4v) is 7.73. The average Bonchev–Trinajstić information content (AvgIpc) is 3.57. The second kappa shape index (κ2) is 16.4. The van der Waals surface area contributed by atoms with Gasteiger partial charge in [0.2, 0.25) is 5.01 Å². The fraction of sp³-hybridized carbons (Fsp3) is 0.250. The Morgan fingerprint density at radius 3 is 1.57 bits per heavy atom. The molecular weight excluding hydrogens is 886 g/mol. The number of carbonyl (C=O) groups is 2. The van der Waals surface area contributed by atoms with E-state index in [0.717, 1.165) is 37.6 Å². The molecule has 0 radical (unpaired) electrons. The molecule has 0 saturated heterocycles. The van der Waals surface area contributed by atoms with Crippen molar-refractivity contribution in [1.82, 2.24) is 54.9 Å². The number of hydrogen-bond donors (Lipinski definition) is 4. The van der Waals surface area contributed by atoms with Crippen molar-refractivity contribution in [2.24, 2.45) is 5.84 Å². The third kappa shape index (κ3) is 9.98. The Balaban J connectivity index is 0.000000126. The summed E-state index contributed by atoms with van der Waals surface area (Å²) in [5.41, 5.74) is 7.55. The average molecular weight is 909 g/mol. The molecule has 246 valence electrons. The van der Waals surface area contributed by atoms with Crippen LogP contribution in [0.5, 0.6) is 0 Å². The predicted molar refractivity (Wildman–Crippen MR) is 189 cm³/mol. The Hall–Kier alpha value is -3.06. The molecule has 2 fully saturated rings. The van der Waals surface area contributed by atoms with Gasteiger partial charge in [-0.2, -0.15) is 0 Å². The Bertz CT molecular complexity index is 1860. The summed E-state index contributed by atoms with van der Waals surface area (Å²) < 4.78 is 6.28. The maximum absolute atomic E-state index is 10.7. The molecule has 2 aliphatic carbocycles. The van der Waals surface area contributed by atoms with Gasteiger partial charge < -0.3 is 20.0 Å². The van der Waals surface area contributed by atoms with E-state index in [2.05, 4.69) is 97.3 Å². The summed E-state index contributed by atoms with van der Waals surface area (Å²) in [5, 5.41) is 33.7. The smallest absolute Gasteiger partial charge is 0.365 e. The summed E-state index contributed by atoms with van der Waals surface area (Å²) in [4.78, 5) is 36.9. The van der Waals surface area contributed by atoms with Crippen LogP contribution >= 0.6 is 93.1 Å². The number of thiazole rings is 4. The minimum absolute atomic E-state index is 0.113. The summed E-state index contributed by atoms with van der Waals surface area (Å²) in [6, 6.07) is 1.17. The number of amides is 1. The number of rotatable bonds is 6. The summed E-state index contributed by atoms with van der Waals surface area (Å²) >= 11 is 14.9. The van der Waals surface area contributed by atoms with Gasteiger partial charge in [-0.15, -0.1) is 65.7 Å². The van der Waals surface area contributed by atoms with Gasteiger partial charge in [0.25, 0.3) is 5.91 Å². The second-order valence-corrected chi connectivity index (χ2v) is 15.2. The number of aromatic carboxylic acids is 1. The number of anilines is 1. The second-order valence-electron chi connectivity index (χ2n) is 9.37. The van der Waals surface area contributed by atoms with E-state index in [9.17, 15) is 9.59 Å². The highest BCUT2D eigenvalue weighted by molar-refractivity contribution is 9.11. The van der Waals surface area contributed by atoms with E-state index in [1.54, 1.807) is 34.8 Å². The number of carbonyl (C=O) groups excluding carboxylic acids is 1. The quantitative estimate of drug-likeness (QED) is 0.0864. The van der Waals surface area contributed by atoms with Crippen molar-refractivity contribution in [3.05, 3.63) is 58.0 Å². The maximum Gasteiger partial charge on any atom is 0.365 e. The van der Waals surface area contributed by atoms with Crippen LogP contribution in [-0.4, -0.2) is 66.4 Å². The molecule has 6 aromatic heterocycles. The number of hydrazine groups is 1. The van der Waals surface area contributed by atoms with Crippen LogP contribution < -0.4 is 17.0 Å². The molecule has 0 bridgehead atoms. The molecule has 16 nitrogen and oxygen atoms in total. The van der Waals surface area contributed by atoms with E-state index in [1.165, 1.54) is 48.4 Å². The molecule has 0 unspecified atom stereocenters. The molecular formula is C24H22Br3N13O3S4. The van der Waals surface area contributed by atoms with Gasteiger partial charge >= 0.3 is 5.97 Å². The van der Waals surface area contributed by atoms with E-state index >= 15 is 0 Å². The molecule has 6 heterocycles. The SMILES string of the molecule is Brc1csc(-c2nncn2C2CC2)n1.NNC(=O)c1nc(Br)cs1.Nc1csc(-c2nncn2C2CC2)n1.O=C(O)c1nc(Br)cs1. The minimum Gasteiger partial charge on any atom is -0.476 e. The van der Waals surface area contributed by atoms with Crippen LogP contribution in [-0.2, 0) is 0 Å². The molecule has 6 aromatic rings. The Kier molecular flexibility index (Phi) is 12.3. The van der Waals surface area contributed by atoms with Crippen LogP contribution in [0.25, 0.3) is 21.7 Å². The van der Waals surface area contributed by atoms with Gasteiger partial charge in [0.15, 0.2) is 26.7 Å². The van der Waals surface area contributed by atoms with Gasteiger partial charge in [-0.25, -0.2) is 30.6 Å². The third-order valence-electron chi connectivity index (χ3n) is 5.87. The Morgan fingerprint density at radius 2 is 1.21 bits per heavy atom. The standard InChI is InChI=1S/C8H7BrN4S.C8H9N5S.C4H4BrN3OS.C4H2BrNO2S/c2*9-6-3-14-8(11-6)7-12-10-4-13(7)5-1-2-5;5-2-1-10-4(7-2)3(9)8-6;5-2-1-9-3(6-2)4(7)8/h3-5H,1-2H2;3-5H,1-2,9H2;1H,6H2,(H,8,9);1H,(H,7,8). The lowest BCUT2D eigenvalue weighted by atomic mass is 10.5. The summed E-state index contributed by atoms with van der Waals surface area (Å²) in [5.74, 6) is 5.80. The van der Waals surface area contributed by atoms with Gasteiger partial charge in [0.05, 0.1) is 0 Å². The lowest BCUT2D eigenvalue weighted by molar-refractivity contribution is 0.0696. The molecule has 1 amide bonds. The van der Waals surface area contributed by atoms with Crippen molar-refractivity contribution >= 4 is 111 Å². The first-order valence-electron chi connectivity index (χ1n) is 13.2. The van der Waals surface area contributed by atoms with Crippen LogP contribution in [0.15, 0.2) is 48.0 Å². The molecule has 2 aliphatic rings. The highest BCUT2D eigenvalue weighted by Crippen LogP contribution is 2.39. The largest absolute Gasteiger partial charge is 0.476 e. The van der Waals surface area contributed by atoms with E-state index in [0.29, 0.717) is 32.1 Å². The van der Waals surface area contributed by atoms with Gasteiger partial charge in [0.1, 0.15) is 32.3 Å². The third-order valence-corrected chi connectivity index (χ3v) is 11.4. The topological polar surface area (TPSA) is 231 Å². The zero-order chi connectivity index (χ0) is 33.5. The molecule has 2 saturated carbocycles. The van der Waals surface area contributed by atoms with Crippen LogP contribution in [0.1, 0.15) is 57.4 Å². The molecule has 23 heteroatoms. The van der Waals surface area contributed by atoms with E-state index in [-0.39, 0.29) is 10.9 Å². The van der Waals surface area contributed by atoms with Gasteiger partial charge in [-0.1, -0.05) is 0 Å². The number of carboxylic acid groups (broad SMARTS) is 1. The van der Waals surface area contributed by atoms with Crippen LogP contribution in [0, 0.1) is 0 Å². The summed E-state index contributed by atoms with van der Waals surface area (Å²) in [6.45, 7) is 0. The van der Waals surface area contributed by atoms with E-state index in [4.69, 9.17) is 16.7 Å². The lowest BCUT2D eigenvalue weighted by Crippen LogP contribution is -2.29. The van der Waals surface area contributed by atoms with Crippen molar-refractivity contribution in [3.8, 4) is 21.7 Å². The van der Waals surface area contributed by atoms with Crippen molar-refractivity contribution in [2.45, 2.75) is 37.8 Å². The normalized spacial score (nSPS) is 13.4. The number of aromatic nitrogens is 10. The molecule has 0 spiro atoms. The first kappa shape index (κ1) is 35.3. The number of nitrogens with zero attached hydrogens (tertiary/aromatic N) is 10. The number of nitrogen functional groups attached to an aromatic ring is 2. The van der Waals surface area contributed by atoms with Crippen LogP contribution in [0.3, 0.4) is 0 Å². The van der Waals surface area contributed by atoms with Crippen molar-refractivity contribution < 1.29 is 14.7 Å². The van der Waals surface area contributed by atoms with E-state index < -0.39 is 5.97 Å². The van der Waals surface area contributed by atoms with Gasteiger partial charge in [0, 0.05) is 33.6 Å². The first-order valence-corrected chi connectivity index (χ1v) is 19.1. The van der Waals surface area contributed by atoms with Crippen molar-refractivity contribution in [3.63, 3.8) is 0 Å². The summed E-state index contributed by atoms with van der Waals surface area (Å²) in [6.07, 6.45) is 8.46. The molecule has 0 aliphatic heterocycles. The Morgan fingerprint density at radius 1 is 0.745 bits per heavy atom. The number of carboxylic acids is 1. The monoisotopic (exact) mass is 905 g/mol. The fourth-order valence-electron chi connectivity index (χ4n) is 3.55. The highest BCUT2D eigenvalue weighted by Gasteiger charge is 2.28. The zero-order valence-corrected chi connectivity index (χ0v) is 31.6. The number of nitrogens with one attached hydrogen (secondary N) is 1. The number of halogens is 3. The lowest BCUT2D eigenvalue weighted by Gasteiger charge is -1.99. The van der Waals surface area contributed by atoms with Crippen LogP contribution in [0.4, 0.5) is 5.82 Å². The summed E-state index contributed by atoms with van der Waals surface area (Å²) in [7, 11) is 0. The Labute approximate surface area is 307 Å². The van der Waals surface area contributed by atoms with E-state index in [1.807, 2.05) is 16.2 Å². The number of nitrogens with two attached hydrogens (primary N) is 2. The van der Waals surface area contributed by atoms with Gasteiger partial charge in [-0.3, -0.25) is 10.2 Å². The molecule has 8 rings (SSSR count). The molecule has 6 N–H and O–H groups in total.